The number of hydrazine groups is 1. The Morgan fingerprint density at radius 3 is 2.46 bits per heavy atom. The van der Waals surface area contributed by atoms with Crippen LogP contribution in [0.5, 0.6) is 0 Å². The van der Waals surface area contributed by atoms with Crippen LogP contribution in [0.4, 0.5) is 4.79 Å². The van der Waals surface area contributed by atoms with Crippen molar-refractivity contribution in [2.45, 2.75) is 32.8 Å². The second kappa shape index (κ2) is 7.90. The normalized spacial score (nSPS) is 11.1. The molecule has 0 unspecified atom stereocenters. The van der Waals surface area contributed by atoms with Gasteiger partial charge in [0, 0.05) is 24.1 Å². The number of nitrogens with one attached hydrogen (secondary N) is 3. The van der Waals surface area contributed by atoms with Crippen molar-refractivity contribution in [3.05, 3.63) is 36.0 Å². The molecule has 0 saturated heterocycles. The number of aromatic nitrogens is 1. The smallest absolute Gasteiger partial charge is 0.410 e. The molecular weight excluding hydrogens is 336 g/mol. The first-order valence-electron chi connectivity index (χ1n) is 8.22. The van der Waals surface area contributed by atoms with Crippen molar-refractivity contribution < 1.29 is 19.1 Å². The van der Waals surface area contributed by atoms with Crippen LogP contribution in [0.3, 0.4) is 0 Å². The Morgan fingerprint density at radius 2 is 1.77 bits per heavy atom. The summed E-state index contributed by atoms with van der Waals surface area (Å²) in [6, 6.07) is 7.64. The first-order chi connectivity index (χ1) is 12.2. The molecule has 0 spiro atoms. The molecule has 0 saturated carbocycles. The topological polar surface area (TPSA) is 104 Å². The highest BCUT2D eigenvalue weighted by molar-refractivity contribution is 5.90. The molecule has 0 aliphatic rings. The predicted molar refractivity (Wildman–Crippen MR) is 97.2 cm³/mol. The maximum Gasteiger partial charge on any atom is 0.410 e. The number of benzene rings is 1. The third-order valence-electron chi connectivity index (χ3n) is 3.45. The van der Waals surface area contributed by atoms with Crippen molar-refractivity contribution in [3.63, 3.8) is 0 Å². The highest BCUT2D eigenvalue weighted by Gasteiger charge is 2.21. The number of likely N-dealkylation sites (N-methyl/N-ethyl adjacent to an activating group) is 1. The zero-order valence-corrected chi connectivity index (χ0v) is 15.4. The van der Waals surface area contributed by atoms with E-state index in [9.17, 15) is 14.4 Å². The number of hydrogen-bond acceptors (Lipinski definition) is 4. The standard InChI is InChI=1S/C18H24N4O4/c1-18(2,3)26-17(25)22(4)11-16(24)21-20-15(23)9-12-10-19-14-8-6-5-7-13(12)14/h5-8,10,19H,9,11H2,1-4H3,(H,20,23)(H,21,24). The molecule has 0 aliphatic heterocycles. The van der Waals surface area contributed by atoms with Gasteiger partial charge in [-0.1, -0.05) is 18.2 Å². The van der Waals surface area contributed by atoms with Crippen LogP contribution in [-0.4, -0.2) is 47.0 Å². The Bertz CT molecular complexity index is 807. The number of hydrogen-bond donors (Lipinski definition) is 3. The van der Waals surface area contributed by atoms with Crippen molar-refractivity contribution in [2.75, 3.05) is 13.6 Å². The summed E-state index contributed by atoms with van der Waals surface area (Å²) in [5, 5.41) is 0.957. The van der Waals surface area contributed by atoms with Gasteiger partial charge in [-0.15, -0.1) is 0 Å². The molecular formula is C18H24N4O4. The predicted octanol–water partition coefficient (Wildman–Crippen LogP) is 1.72. The summed E-state index contributed by atoms with van der Waals surface area (Å²) in [5.74, 6) is -0.881. The second-order valence-corrected chi connectivity index (χ2v) is 6.97. The van der Waals surface area contributed by atoms with Crippen LogP contribution in [0.1, 0.15) is 26.3 Å². The maximum atomic E-state index is 12.0. The summed E-state index contributed by atoms with van der Waals surface area (Å²) in [7, 11) is 1.45. The van der Waals surface area contributed by atoms with Gasteiger partial charge in [0.25, 0.3) is 5.91 Å². The summed E-state index contributed by atoms with van der Waals surface area (Å²) < 4.78 is 5.15. The van der Waals surface area contributed by atoms with Crippen LogP contribution >= 0.6 is 0 Å². The zero-order chi connectivity index (χ0) is 19.3. The number of nitrogens with zero attached hydrogens (tertiary/aromatic N) is 1. The zero-order valence-electron chi connectivity index (χ0n) is 15.4. The van der Waals surface area contributed by atoms with E-state index in [4.69, 9.17) is 4.74 Å². The average Bonchev–Trinajstić information content (AvgIpc) is 2.94. The Morgan fingerprint density at radius 1 is 1.12 bits per heavy atom. The lowest BCUT2D eigenvalue weighted by atomic mass is 10.1. The number of ether oxygens (including phenoxy) is 1. The van der Waals surface area contributed by atoms with E-state index >= 15 is 0 Å². The Kier molecular flexibility index (Phi) is 5.86. The number of amides is 3. The van der Waals surface area contributed by atoms with Gasteiger partial charge in [0.2, 0.25) is 5.91 Å². The molecule has 0 aliphatic carbocycles. The summed E-state index contributed by atoms with van der Waals surface area (Å²) in [5.41, 5.74) is 5.77. The van der Waals surface area contributed by atoms with Gasteiger partial charge in [-0.05, 0) is 32.4 Å². The van der Waals surface area contributed by atoms with E-state index in [1.165, 1.54) is 7.05 Å². The van der Waals surface area contributed by atoms with E-state index in [1.807, 2.05) is 24.3 Å². The van der Waals surface area contributed by atoms with E-state index < -0.39 is 17.6 Å². The van der Waals surface area contributed by atoms with Crippen molar-refractivity contribution in [2.24, 2.45) is 0 Å². The minimum atomic E-state index is -0.643. The second-order valence-electron chi connectivity index (χ2n) is 6.97. The lowest BCUT2D eigenvalue weighted by molar-refractivity contribution is -0.129. The summed E-state index contributed by atoms with van der Waals surface area (Å²) >= 11 is 0. The average molecular weight is 360 g/mol. The van der Waals surface area contributed by atoms with Crippen LogP contribution in [0, 0.1) is 0 Å². The van der Waals surface area contributed by atoms with Gasteiger partial charge in [-0.25, -0.2) is 4.79 Å². The number of carbonyl (C=O) groups is 3. The third kappa shape index (κ3) is 5.51. The number of H-pyrrole nitrogens is 1. The van der Waals surface area contributed by atoms with Crippen molar-refractivity contribution in [1.29, 1.82) is 0 Å². The molecule has 26 heavy (non-hydrogen) atoms. The number of carbonyl (C=O) groups excluding carboxylic acids is 3. The van der Waals surface area contributed by atoms with Gasteiger partial charge in [0.05, 0.1) is 6.42 Å². The summed E-state index contributed by atoms with van der Waals surface area (Å²) in [6.45, 7) is 4.99. The van der Waals surface area contributed by atoms with Crippen LogP contribution in [0.25, 0.3) is 10.9 Å². The van der Waals surface area contributed by atoms with Gasteiger partial charge >= 0.3 is 6.09 Å². The molecule has 1 heterocycles. The molecule has 8 heteroatoms. The third-order valence-corrected chi connectivity index (χ3v) is 3.45. The van der Waals surface area contributed by atoms with E-state index in [-0.39, 0.29) is 18.9 Å². The van der Waals surface area contributed by atoms with Gasteiger partial charge < -0.3 is 14.6 Å². The maximum absolute atomic E-state index is 12.0. The Hall–Kier alpha value is -3.03. The van der Waals surface area contributed by atoms with Crippen LogP contribution in [-0.2, 0) is 20.7 Å². The molecule has 2 aromatic rings. The van der Waals surface area contributed by atoms with Crippen molar-refractivity contribution in [1.82, 2.24) is 20.7 Å². The SMILES string of the molecule is CN(CC(=O)NNC(=O)Cc1c[nH]c2ccccc12)C(=O)OC(C)(C)C. The fraction of sp³-hybridized carbons (Fsp3) is 0.389. The minimum Gasteiger partial charge on any atom is -0.444 e. The molecule has 3 N–H and O–H groups in total. The van der Waals surface area contributed by atoms with Gasteiger partial charge in [0.1, 0.15) is 12.1 Å². The Labute approximate surface area is 151 Å². The quantitative estimate of drug-likeness (QED) is 0.722. The first kappa shape index (κ1) is 19.3. The molecule has 8 nitrogen and oxygen atoms in total. The first-order valence-corrected chi connectivity index (χ1v) is 8.22. The van der Waals surface area contributed by atoms with Gasteiger partial charge in [-0.2, -0.15) is 0 Å². The molecule has 2 rings (SSSR count). The molecule has 0 atom stereocenters. The minimum absolute atomic E-state index is 0.117. The molecule has 0 fully saturated rings. The summed E-state index contributed by atoms with van der Waals surface area (Å²) in [6.07, 6.45) is 1.27. The largest absolute Gasteiger partial charge is 0.444 e. The Balaban J connectivity index is 1.80. The van der Waals surface area contributed by atoms with E-state index in [2.05, 4.69) is 15.8 Å². The molecule has 3 amide bonds. The number of rotatable bonds is 4. The fourth-order valence-corrected chi connectivity index (χ4v) is 2.29. The fourth-order valence-electron chi connectivity index (χ4n) is 2.29. The van der Waals surface area contributed by atoms with Crippen LogP contribution in [0.2, 0.25) is 0 Å². The highest BCUT2D eigenvalue weighted by Crippen LogP contribution is 2.17. The lowest BCUT2D eigenvalue weighted by Crippen LogP contribution is -2.47. The molecule has 1 aromatic heterocycles. The molecule has 0 bridgehead atoms. The highest BCUT2D eigenvalue weighted by atomic mass is 16.6. The van der Waals surface area contributed by atoms with E-state index in [0.717, 1.165) is 21.4 Å². The lowest BCUT2D eigenvalue weighted by Gasteiger charge is -2.24. The van der Waals surface area contributed by atoms with E-state index in [0.29, 0.717) is 0 Å². The van der Waals surface area contributed by atoms with Gasteiger partial charge in [0.15, 0.2) is 0 Å². The number of aromatic amines is 1. The van der Waals surface area contributed by atoms with Crippen molar-refractivity contribution in [3.8, 4) is 0 Å². The monoisotopic (exact) mass is 360 g/mol. The molecule has 0 radical (unpaired) electrons. The van der Waals surface area contributed by atoms with Crippen LogP contribution < -0.4 is 10.9 Å². The van der Waals surface area contributed by atoms with Gasteiger partial charge in [-0.3, -0.25) is 20.4 Å². The number of fused-ring (bicyclic) bond motifs is 1. The molecule has 1 aromatic carbocycles. The summed E-state index contributed by atoms with van der Waals surface area (Å²) in [4.78, 5) is 39.9. The van der Waals surface area contributed by atoms with Crippen LogP contribution in [0.15, 0.2) is 30.5 Å². The van der Waals surface area contributed by atoms with Crippen molar-refractivity contribution >= 4 is 28.8 Å². The molecule has 140 valence electrons. The number of para-hydroxylation sites is 1. The van der Waals surface area contributed by atoms with E-state index in [1.54, 1.807) is 27.0 Å².